The molecule has 3 heteroatoms. The van der Waals surface area contributed by atoms with Crippen molar-refractivity contribution in [2.75, 3.05) is 12.4 Å². The van der Waals surface area contributed by atoms with Crippen LogP contribution in [0.3, 0.4) is 0 Å². The summed E-state index contributed by atoms with van der Waals surface area (Å²) in [6.07, 6.45) is 1.42. The number of aryl methyl sites for hydroxylation is 1. The van der Waals surface area contributed by atoms with Crippen LogP contribution in [0, 0.1) is 0 Å². The maximum Gasteiger partial charge on any atom is 0.307 e. The number of nitrogens with one attached hydrogen (secondary N) is 1. The molecule has 1 N–H and O–H groups in total. The summed E-state index contributed by atoms with van der Waals surface area (Å²) in [5.41, 5.74) is 2.35. The van der Waals surface area contributed by atoms with Crippen LogP contribution < -0.4 is 5.32 Å². The lowest BCUT2D eigenvalue weighted by molar-refractivity contribution is -0.140. The van der Waals surface area contributed by atoms with Crippen LogP contribution in [-0.2, 0) is 16.0 Å². The first-order valence-electron chi connectivity index (χ1n) is 5.58. The standard InChI is InChI=1S/C13H19NO2/c1-4-11-5-7-12(8-6-11)14-10(2)9-13(15)16-3/h5-8,10,14H,4,9H2,1-3H3. The Bertz CT molecular complexity index is 332. The summed E-state index contributed by atoms with van der Waals surface area (Å²) >= 11 is 0. The highest BCUT2D eigenvalue weighted by atomic mass is 16.5. The van der Waals surface area contributed by atoms with Crippen molar-refractivity contribution in [2.24, 2.45) is 0 Å². The zero-order valence-electron chi connectivity index (χ0n) is 10.1. The van der Waals surface area contributed by atoms with Crippen molar-refractivity contribution in [2.45, 2.75) is 32.7 Å². The predicted octanol–water partition coefficient (Wildman–Crippen LogP) is 2.61. The third-order valence-electron chi connectivity index (χ3n) is 2.48. The van der Waals surface area contributed by atoms with Crippen LogP contribution >= 0.6 is 0 Å². The minimum atomic E-state index is -0.190. The number of methoxy groups -OCH3 is 1. The summed E-state index contributed by atoms with van der Waals surface area (Å²) in [6, 6.07) is 8.33. The summed E-state index contributed by atoms with van der Waals surface area (Å²) < 4.78 is 4.62. The zero-order valence-corrected chi connectivity index (χ0v) is 10.1. The lowest BCUT2D eigenvalue weighted by Crippen LogP contribution is -2.20. The van der Waals surface area contributed by atoms with Gasteiger partial charge in [-0.05, 0) is 31.0 Å². The topological polar surface area (TPSA) is 38.3 Å². The summed E-state index contributed by atoms with van der Waals surface area (Å²) in [7, 11) is 1.41. The number of carbonyl (C=O) groups is 1. The first-order valence-corrected chi connectivity index (χ1v) is 5.58. The second-order valence-corrected chi connectivity index (χ2v) is 3.88. The Kier molecular flexibility index (Phi) is 4.83. The molecule has 0 aromatic heterocycles. The third kappa shape index (κ3) is 3.93. The molecule has 1 aromatic rings. The van der Waals surface area contributed by atoms with E-state index in [1.807, 2.05) is 19.1 Å². The average Bonchev–Trinajstić information content (AvgIpc) is 2.29. The number of benzene rings is 1. The Morgan fingerprint density at radius 2 is 2.00 bits per heavy atom. The Labute approximate surface area is 96.8 Å². The van der Waals surface area contributed by atoms with Gasteiger partial charge in [0, 0.05) is 11.7 Å². The fourth-order valence-electron chi connectivity index (χ4n) is 1.51. The van der Waals surface area contributed by atoms with Gasteiger partial charge in [0.05, 0.1) is 13.5 Å². The second kappa shape index (κ2) is 6.16. The van der Waals surface area contributed by atoms with Crippen molar-refractivity contribution in [1.29, 1.82) is 0 Å². The van der Waals surface area contributed by atoms with Crippen LogP contribution in [-0.4, -0.2) is 19.1 Å². The molecule has 1 atom stereocenters. The molecule has 1 aromatic carbocycles. The molecule has 16 heavy (non-hydrogen) atoms. The molecule has 0 bridgehead atoms. The fourth-order valence-corrected chi connectivity index (χ4v) is 1.51. The van der Waals surface area contributed by atoms with Crippen molar-refractivity contribution >= 4 is 11.7 Å². The molecule has 0 aliphatic heterocycles. The molecule has 1 unspecified atom stereocenters. The third-order valence-corrected chi connectivity index (χ3v) is 2.48. The number of ether oxygens (including phenoxy) is 1. The molecule has 88 valence electrons. The summed E-state index contributed by atoms with van der Waals surface area (Å²) in [5, 5.41) is 3.26. The van der Waals surface area contributed by atoms with Crippen molar-refractivity contribution in [1.82, 2.24) is 0 Å². The summed E-state index contributed by atoms with van der Waals surface area (Å²) in [6.45, 7) is 4.09. The number of hydrogen-bond acceptors (Lipinski definition) is 3. The Hall–Kier alpha value is -1.51. The number of carbonyl (C=O) groups excluding carboxylic acids is 1. The van der Waals surface area contributed by atoms with Crippen molar-refractivity contribution in [3.05, 3.63) is 29.8 Å². The molecule has 0 amide bonds. The molecule has 3 nitrogen and oxygen atoms in total. The van der Waals surface area contributed by atoms with Gasteiger partial charge in [-0.2, -0.15) is 0 Å². The van der Waals surface area contributed by atoms with Crippen molar-refractivity contribution < 1.29 is 9.53 Å². The van der Waals surface area contributed by atoms with Gasteiger partial charge in [-0.1, -0.05) is 19.1 Å². The van der Waals surface area contributed by atoms with E-state index in [2.05, 4.69) is 29.1 Å². The van der Waals surface area contributed by atoms with E-state index in [9.17, 15) is 4.79 Å². The first kappa shape index (κ1) is 12.6. The van der Waals surface area contributed by atoms with Gasteiger partial charge in [0.2, 0.25) is 0 Å². The van der Waals surface area contributed by atoms with Crippen LogP contribution in [0.2, 0.25) is 0 Å². The molecule has 0 saturated carbocycles. The van der Waals surface area contributed by atoms with E-state index in [4.69, 9.17) is 0 Å². The zero-order chi connectivity index (χ0) is 12.0. The average molecular weight is 221 g/mol. The quantitative estimate of drug-likeness (QED) is 0.777. The first-order chi connectivity index (χ1) is 7.65. The minimum Gasteiger partial charge on any atom is -0.469 e. The van der Waals surface area contributed by atoms with Crippen LogP contribution in [0.5, 0.6) is 0 Å². The Balaban J connectivity index is 2.49. The van der Waals surface area contributed by atoms with Gasteiger partial charge < -0.3 is 10.1 Å². The van der Waals surface area contributed by atoms with Gasteiger partial charge in [0.25, 0.3) is 0 Å². The van der Waals surface area contributed by atoms with Gasteiger partial charge in [-0.3, -0.25) is 4.79 Å². The van der Waals surface area contributed by atoms with E-state index >= 15 is 0 Å². The SMILES string of the molecule is CCc1ccc(NC(C)CC(=O)OC)cc1. The number of rotatable bonds is 5. The second-order valence-electron chi connectivity index (χ2n) is 3.88. The molecule has 0 radical (unpaired) electrons. The molecule has 0 heterocycles. The molecule has 1 rings (SSSR count). The highest BCUT2D eigenvalue weighted by Crippen LogP contribution is 2.12. The maximum atomic E-state index is 11.1. The van der Waals surface area contributed by atoms with Gasteiger partial charge in [-0.15, -0.1) is 0 Å². The number of esters is 1. The normalized spacial score (nSPS) is 11.9. The lowest BCUT2D eigenvalue weighted by Gasteiger charge is -2.14. The van der Waals surface area contributed by atoms with E-state index < -0.39 is 0 Å². The molecular weight excluding hydrogens is 202 g/mol. The Morgan fingerprint density at radius 1 is 1.38 bits per heavy atom. The van der Waals surface area contributed by atoms with Gasteiger partial charge >= 0.3 is 5.97 Å². The highest BCUT2D eigenvalue weighted by molar-refractivity contribution is 5.70. The van der Waals surface area contributed by atoms with E-state index in [1.165, 1.54) is 12.7 Å². The largest absolute Gasteiger partial charge is 0.469 e. The van der Waals surface area contributed by atoms with Crippen LogP contribution in [0.25, 0.3) is 0 Å². The van der Waals surface area contributed by atoms with Crippen LogP contribution in [0.4, 0.5) is 5.69 Å². The predicted molar refractivity (Wildman–Crippen MR) is 65.5 cm³/mol. The molecule has 0 saturated heterocycles. The van der Waals surface area contributed by atoms with Gasteiger partial charge in [0.1, 0.15) is 0 Å². The molecule has 0 fully saturated rings. The van der Waals surface area contributed by atoms with E-state index in [0.717, 1.165) is 12.1 Å². The van der Waals surface area contributed by atoms with E-state index in [-0.39, 0.29) is 12.0 Å². The lowest BCUT2D eigenvalue weighted by atomic mass is 10.1. The fraction of sp³-hybridized carbons (Fsp3) is 0.462. The smallest absolute Gasteiger partial charge is 0.307 e. The van der Waals surface area contributed by atoms with Crippen molar-refractivity contribution in [3.63, 3.8) is 0 Å². The Morgan fingerprint density at radius 3 is 2.50 bits per heavy atom. The van der Waals surface area contributed by atoms with E-state index in [0.29, 0.717) is 6.42 Å². The van der Waals surface area contributed by atoms with Gasteiger partial charge in [0.15, 0.2) is 0 Å². The monoisotopic (exact) mass is 221 g/mol. The number of anilines is 1. The minimum absolute atomic E-state index is 0.0833. The molecule has 0 aliphatic carbocycles. The van der Waals surface area contributed by atoms with Gasteiger partial charge in [-0.25, -0.2) is 0 Å². The molecular formula is C13H19NO2. The summed E-state index contributed by atoms with van der Waals surface area (Å²) in [5.74, 6) is -0.190. The summed E-state index contributed by atoms with van der Waals surface area (Å²) in [4.78, 5) is 11.1. The molecule has 0 aliphatic rings. The highest BCUT2D eigenvalue weighted by Gasteiger charge is 2.08. The number of hydrogen-bond donors (Lipinski definition) is 1. The van der Waals surface area contributed by atoms with Crippen LogP contribution in [0.15, 0.2) is 24.3 Å². The molecule has 0 spiro atoms. The van der Waals surface area contributed by atoms with Crippen LogP contribution in [0.1, 0.15) is 25.8 Å². The van der Waals surface area contributed by atoms with Crippen molar-refractivity contribution in [3.8, 4) is 0 Å². The maximum absolute atomic E-state index is 11.1. The van der Waals surface area contributed by atoms with E-state index in [1.54, 1.807) is 0 Å².